The van der Waals surface area contributed by atoms with Gasteiger partial charge in [-0.25, -0.2) is 4.98 Å². The topological polar surface area (TPSA) is 84.1 Å². The lowest BCUT2D eigenvalue weighted by atomic mass is 10.1. The van der Waals surface area contributed by atoms with Crippen molar-refractivity contribution < 1.29 is 4.79 Å². The van der Waals surface area contributed by atoms with Gasteiger partial charge in [0.05, 0.1) is 5.39 Å². The van der Waals surface area contributed by atoms with Crippen molar-refractivity contribution in [3.63, 3.8) is 0 Å². The van der Waals surface area contributed by atoms with Gasteiger partial charge in [0.25, 0.3) is 0 Å². The Kier molecular flexibility index (Phi) is 3.92. The van der Waals surface area contributed by atoms with Crippen molar-refractivity contribution in [1.82, 2.24) is 14.9 Å². The number of likely N-dealkylation sites (tertiary alicyclic amines) is 1. The zero-order valence-corrected chi connectivity index (χ0v) is 12.8. The Hall–Kier alpha value is -1.89. The summed E-state index contributed by atoms with van der Waals surface area (Å²) in [7, 11) is 0. The van der Waals surface area contributed by atoms with Crippen molar-refractivity contribution >= 4 is 39.2 Å². The van der Waals surface area contributed by atoms with Gasteiger partial charge in [0.1, 0.15) is 16.7 Å². The normalized spacial score (nSPS) is 16.9. The van der Waals surface area contributed by atoms with Crippen molar-refractivity contribution in [3.8, 4) is 0 Å². The van der Waals surface area contributed by atoms with Gasteiger partial charge in [-0.05, 0) is 37.6 Å². The van der Waals surface area contributed by atoms with E-state index in [0.717, 1.165) is 36.1 Å². The number of nitrogens with one attached hydrogen (secondary N) is 1. The van der Waals surface area contributed by atoms with Gasteiger partial charge in [0.15, 0.2) is 0 Å². The molecule has 1 saturated heterocycles. The van der Waals surface area contributed by atoms with Gasteiger partial charge in [-0.1, -0.05) is 0 Å². The van der Waals surface area contributed by atoms with E-state index in [2.05, 4.69) is 15.3 Å². The maximum atomic E-state index is 12.5. The molecule has 3 rings (SSSR count). The average Bonchev–Trinajstić information content (AvgIpc) is 2.95. The van der Waals surface area contributed by atoms with Crippen LogP contribution in [0.3, 0.4) is 0 Å². The van der Waals surface area contributed by atoms with Gasteiger partial charge in [0.2, 0.25) is 11.9 Å². The van der Waals surface area contributed by atoms with Crippen molar-refractivity contribution in [3.05, 3.63) is 11.4 Å². The molecule has 6 nitrogen and oxygen atoms in total. The Morgan fingerprint density at radius 3 is 2.90 bits per heavy atom. The van der Waals surface area contributed by atoms with E-state index in [4.69, 9.17) is 5.73 Å². The molecule has 1 aliphatic heterocycles. The first-order valence-corrected chi connectivity index (χ1v) is 8.09. The molecule has 0 saturated carbocycles. The maximum absolute atomic E-state index is 12.5. The SMILES string of the molecule is CC(Nc1nc(N)nc2sccc12)C(=O)N1CCCCC1. The highest BCUT2D eigenvalue weighted by atomic mass is 32.1. The Morgan fingerprint density at radius 2 is 2.14 bits per heavy atom. The van der Waals surface area contributed by atoms with Gasteiger partial charge in [0, 0.05) is 13.1 Å². The second-order valence-electron chi connectivity index (χ2n) is 5.32. The fourth-order valence-corrected chi connectivity index (χ4v) is 3.41. The minimum absolute atomic E-state index is 0.121. The number of hydrogen-bond donors (Lipinski definition) is 2. The molecular weight excluding hydrogens is 286 g/mol. The van der Waals surface area contributed by atoms with Crippen LogP contribution in [0.1, 0.15) is 26.2 Å². The molecule has 0 aliphatic carbocycles. The summed E-state index contributed by atoms with van der Waals surface area (Å²) in [5.74, 6) is 0.983. The lowest BCUT2D eigenvalue weighted by molar-refractivity contribution is -0.132. The summed E-state index contributed by atoms with van der Waals surface area (Å²) in [4.78, 5) is 23.6. The smallest absolute Gasteiger partial charge is 0.244 e. The average molecular weight is 305 g/mol. The molecule has 0 aromatic carbocycles. The zero-order chi connectivity index (χ0) is 14.8. The molecule has 1 aliphatic rings. The summed E-state index contributed by atoms with van der Waals surface area (Å²) in [5.41, 5.74) is 5.73. The number of nitrogens with zero attached hydrogens (tertiary/aromatic N) is 3. The van der Waals surface area contributed by atoms with E-state index in [1.165, 1.54) is 17.8 Å². The number of hydrogen-bond acceptors (Lipinski definition) is 6. The number of aromatic nitrogens is 2. The van der Waals surface area contributed by atoms with Crippen LogP contribution < -0.4 is 11.1 Å². The molecule has 0 radical (unpaired) electrons. The van der Waals surface area contributed by atoms with E-state index in [1.54, 1.807) is 0 Å². The van der Waals surface area contributed by atoms with Crippen molar-refractivity contribution in [2.45, 2.75) is 32.2 Å². The second-order valence-corrected chi connectivity index (χ2v) is 6.22. The number of fused-ring (bicyclic) bond motifs is 1. The third-order valence-electron chi connectivity index (χ3n) is 3.73. The summed E-state index contributed by atoms with van der Waals surface area (Å²) < 4.78 is 0. The Morgan fingerprint density at radius 1 is 1.38 bits per heavy atom. The molecule has 112 valence electrons. The predicted molar refractivity (Wildman–Crippen MR) is 85.3 cm³/mol. The van der Waals surface area contributed by atoms with Crippen LogP contribution in [-0.2, 0) is 4.79 Å². The third-order valence-corrected chi connectivity index (χ3v) is 4.54. The van der Waals surface area contributed by atoms with E-state index in [0.29, 0.717) is 5.82 Å². The van der Waals surface area contributed by atoms with Crippen LogP contribution in [0.5, 0.6) is 0 Å². The van der Waals surface area contributed by atoms with E-state index in [-0.39, 0.29) is 17.9 Å². The second kappa shape index (κ2) is 5.85. The molecule has 1 fully saturated rings. The highest BCUT2D eigenvalue weighted by Crippen LogP contribution is 2.26. The van der Waals surface area contributed by atoms with Gasteiger partial charge in [-0.15, -0.1) is 11.3 Å². The molecule has 7 heteroatoms. The third kappa shape index (κ3) is 2.92. The minimum Gasteiger partial charge on any atom is -0.368 e. The molecule has 1 unspecified atom stereocenters. The maximum Gasteiger partial charge on any atom is 0.244 e. The number of rotatable bonds is 3. The molecule has 0 bridgehead atoms. The van der Waals surface area contributed by atoms with E-state index < -0.39 is 0 Å². The zero-order valence-electron chi connectivity index (χ0n) is 12.0. The van der Waals surface area contributed by atoms with Gasteiger partial charge >= 0.3 is 0 Å². The fourth-order valence-electron chi connectivity index (χ4n) is 2.64. The number of nitrogen functional groups attached to an aromatic ring is 1. The number of nitrogens with two attached hydrogens (primary N) is 1. The summed E-state index contributed by atoms with van der Waals surface area (Å²) in [6.07, 6.45) is 3.39. The highest BCUT2D eigenvalue weighted by Gasteiger charge is 2.23. The molecule has 1 atom stereocenters. The molecule has 3 N–H and O–H groups in total. The lowest BCUT2D eigenvalue weighted by Gasteiger charge is -2.29. The van der Waals surface area contributed by atoms with Crippen LogP contribution in [0.15, 0.2) is 11.4 Å². The van der Waals surface area contributed by atoms with Gasteiger partial charge in [-0.2, -0.15) is 4.98 Å². The Balaban J connectivity index is 1.77. The molecule has 2 aromatic heterocycles. The fraction of sp³-hybridized carbons (Fsp3) is 0.500. The first-order chi connectivity index (χ1) is 10.1. The highest BCUT2D eigenvalue weighted by molar-refractivity contribution is 7.16. The quantitative estimate of drug-likeness (QED) is 0.907. The van der Waals surface area contributed by atoms with E-state index in [9.17, 15) is 4.79 Å². The Bertz CT molecular complexity index is 650. The Labute approximate surface area is 127 Å². The molecular formula is C14H19N5OS. The summed E-state index contributed by atoms with van der Waals surface area (Å²) in [5, 5.41) is 6.05. The van der Waals surface area contributed by atoms with Crippen LogP contribution in [0.4, 0.5) is 11.8 Å². The first kappa shape index (κ1) is 14.1. The first-order valence-electron chi connectivity index (χ1n) is 7.21. The summed E-state index contributed by atoms with van der Waals surface area (Å²) in [6, 6.07) is 1.63. The molecule has 2 aromatic rings. The number of amides is 1. The van der Waals surface area contributed by atoms with Crippen molar-refractivity contribution in [1.29, 1.82) is 0 Å². The van der Waals surface area contributed by atoms with Gasteiger partial charge in [-0.3, -0.25) is 4.79 Å². The van der Waals surface area contributed by atoms with Crippen LogP contribution >= 0.6 is 11.3 Å². The molecule has 3 heterocycles. The van der Waals surface area contributed by atoms with Crippen LogP contribution in [0.25, 0.3) is 10.2 Å². The number of piperidine rings is 1. The monoisotopic (exact) mass is 305 g/mol. The van der Waals surface area contributed by atoms with Crippen LogP contribution in [0.2, 0.25) is 0 Å². The number of carbonyl (C=O) groups is 1. The minimum atomic E-state index is -0.319. The van der Waals surface area contributed by atoms with Crippen molar-refractivity contribution in [2.24, 2.45) is 0 Å². The van der Waals surface area contributed by atoms with Gasteiger partial charge < -0.3 is 16.0 Å². The standard InChI is InChI=1S/C14H19N5OS/c1-9(13(20)19-6-3-2-4-7-19)16-11-10-5-8-21-12(10)18-14(15)17-11/h5,8-9H,2-4,6-7H2,1H3,(H3,15,16,17,18). The van der Waals surface area contributed by atoms with Crippen LogP contribution in [0, 0.1) is 0 Å². The molecule has 0 spiro atoms. The predicted octanol–water partition coefficient (Wildman–Crippen LogP) is 2.09. The van der Waals surface area contributed by atoms with E-state index in [1.807, 2.05) is 23.3 Å². The summed E-state index contributed by atoms with van der Waals surface area (Å²) in [6.45, 7) is 3.57. The largest absolute Gasteiger partial charge is 0.368 e. The molecule has 1 amide bonds. The number of carbonyl (C=O) groups excluding carboxylic acids is 1. The lowest BCUT2D eigenvalue weighted by Crippen LogP contribution is -2.44. The van der Waals surface area contributed by atoms with Crippen LogP contribution in [-0.4, -0.2) is 39.9 Å². The van der Waals surface area contributed by atoms with Crippen molar-refractivity contribution in [2.75, 3.05) is 24.1 Å². The number of thiophene rings is 1. The van der Waals surface area contributed by atoms with E-state index >= 15 is 0 Å². The molecule has 21 heavy (non-hydrogen) atoms. The summed E-state index contributed by atoms with van der Waals surface area (Å²) >= 11 is 1.51. The number of anilines is 2.